The molecule has 7 aromatic carbocycles. The van der Waals surface area contributed by atoms with Crippen molar-refractivity contribution in [3.05, 3.63) is 189 Å². The molecule has 2 heteroatoms. The van der Waals surface area contributed by atoms with Gasteiger partial charge in [0, 0.05) is 11.8 Å². The standard InChI is InChI=1S/C44H38O2/c1-27-13-5-7-15-33(27)41(35-23-21-31(45)25-29(35)3)43-37-17-9-11-19-39(37)44(40-20-12-10-18-38(40)43)42(34-16-8-6-14-28(34)2)36-24-22-32(46)26-30(36)4/h5-26,41-42,45-46H,1-4H3. The Labute approximate surface area is 271 Å². The molecule has 2 unspecified atom stereocenters. The van der Waals surface area contributed by atoms with Crippen LogP contribution in [-0.4, -0.2) is 10.2 Å². The summed E-state index contributed by atoms with van der Waals surface area (Å²) in [5, 5.41) is 25.7. The molecule has 0 amide bonds. The highest BCUT2D eigenvalue weighted by Gasteiger charge is 2.30. The Bertz CT molecular complexity index is 2030. The molecule has 0 aliphatic carbocycles. The first-order valence-electron chi connectivity index (χ1n) is 16.0. The molecule has 46 heavy (non-hydrogen) atoms. The van der Waals surface area contributed by atoms with Crippen molar-refractivity contribution in [1.82, 2.24) is 0 Å². The zero-order valence-electron chi connectivity index (χ0n) is 26.8. The van der Waals surface area contributed by atoms with Gasteiger partial charge in [-0.2, -0.15) is 0 Å². The smallest absolute Gasteiger partial charge is 0.115 e. The van der Waals surface area contributed by atoms with Crippen molar-refractivity contribution in [2.24, 2.45) is 0 Å². The Hall–Kier alpha value is -5.34. The molecule has 2 nitrogen and oxygen atoms in total. The third-order valence-corrected chi connectivity index (χ3v) is 9.72. The lowest BCUT2D eigenvalue weighted by atomic mass is 9.73. The molecule has 0 radical (unpaired) electrons. The van der Waals surface area contributed by atoms with Crippen LogP contribution < -0.4 is 0 Å². The van der Waals surface area contributed by atoms with Crippen molar-refractivity contribution < 1.29 is 10.2 Å². The third-order valence-electron chi connectivity index (χ3n) is 9.72. The van der Waals surface area contributed by atoms with Crippen molar-refractivity contribution >= 4 is 21.5 Å². The van der Waals surface area contributed by atoms with Gasteiger partial charge >= 0.3 is 0 Å². The molecule has 2 atom stereocenters. The van der Waals surface area contributed by atoms with Crippen molar-refractivity contribution in [1.29, 1.82) is 0 Å². The summed E-state index contributed by atoms with van der Waals surface area (Å²) in [6.07, 6.45) is 0. The number of phenolic OH excluding ortho intramolecular Hbond substituents is 2. The van der Waals surface area contributed by atoms with Gasteiger partial charge in [0.05, 0.1) is 0 Å². The van der Waals surface area contributed by atoms with Crippen molar-refractivity contribution in [3.8, 4) is 11.5 Å². The van der Waals surface area contributed by atoms with Gasteiger partial charge in [-0.15, -0.1) is 0 Å². The quantitative estimate of drug-likeness (QED) is 0.148. The number of fused-ring (bicyclic) bond motifs is 2. The minimum atomic E-state index is -0.0574. The van der Waals surface area contributed by atoms with Crippen LogP contribution in [0, 0.1) is 27.7 Å². The second-order valence-corrected chi connectivity index (χ2v) is 12.6. The van der Waals surface area contributed by atoms with E-state index in [1.54, 1.807) is 0 Å². The first-order valence-corrected chi connectivity index (χ1v) is 16.0. The predicted molar refractivity (Wildman–Crippen MR) is 191 cm³/mol. The maximum atomic E-state index is 10.4. The molecule has 7 aromatic rings. The van der Waals surface area contributed by atoms with E-state index in [9.17, 15) is 10.2 Å². The summed E-state index contributed by atoms with van der Waals surface area (Å²) in [6, 6.07) is 46.6. The van der Waals surface area contributed by atoms with Gasteiger partial charge in [0.2, 0.25) is 0 Å². The van der Waals surface area contributed by atoms with Crippen LogP contribution >= 0.6 is 0 Å². The summed E-state index contributed by atoms with van der Waals surface area (Å²) in [5.74, 6) is 0.441. The second kappa shape index (κ2) is 11.9. The fraction of sp³-hybridized carbons (Fsp3) is 0.136. The SMILES string of the molecule is Cc1ccccc1C(c1ccc(O)cc1C)c1c2ccccc2c(C(c2ccccc2C)c2ccc(O)cc2C)c2ccccc12. The summed E-state index contributed by atoms with van der Waals surface area (Å²) < 4.78 is 0. The molecule has 0 saturated carbocycles. The molecule has 0 saturated heterocycles. The van der Waals surface area contributed by atoms with Crippen LogP contribution in [0.3, 0.4) is 0 Å². The number of rotatable bonds is 6. The Morgan fingerprint density at radius 1 is 0.348 bits per heavy atom. The number of hydrogen-bond acceptors (Lipinski definition) is 2. The van der Waals surface area contributed by atoms with Gasteiger partial charge in [0.25, 0.3) is 0 Å². The molecular weight excluding hydrogens is 560 g/mol. The topological polar surface area (TPSA) is 40.5 Å². The van der Waals surface area contributed by atoms with Gasteiger partial charge in [0.15, 0.2) is 0 Å². The molecule has 2 N–H and O–H groups in total. The first-order chi connectivity index (χ1) is 22.3. The molecule has 0 spiro atoms. The van der Waals surface area contributed by atoms with E-state index in [4.69, 9.17) is 0 Å². The Morgan fingerprint density at radius 2 is 0.652 bits per heavy atom. The minimum absolute atomic E-state index is 0.0574. The number of hydrogen-bond donors (Lipinski definition) is 2. The lowest BCUT2D eigenvalue weighted by Gasteiger charge is -2.30. The molecule has 0 bridgehead atoms. The largest absolute Gasteiger partial charge is 0.508 e. The van der Waals surface area contributed by atoms with Crippen LogP contribution in [0.2, 0.25) is 0 Å². The lowest BCUT2D eigenvalue weighted by Crippen LogP contribution is -2.12. The monoisotopic (exact) mass is 598 g/mol. The van der Waals surface area contributed by atoms with Gasteiger partial charge < -0.3 is 10.2 Å². The van der Waals surface area contributed by atoms with Gasteiger partial charge in [-0.25, -0.2) is 0 Å². The average molecular weight is 599 g/mol. The molecule has 226 valence electrons. The number of aromatic hydroxyl groups is 2. The predicted octanol–water partition coefficient (Wildman–Crippen LogP) is 11.0. The highest BCUT2D eigenvalue weighted by atomic mass is 16.3. The van der Waals surface area contributed by atoms with E-state index in [-0.39, 0.29) is 23.3 Å². The summed E-state index contributed by atoms with van der Waals surface area (Å²) in [5.41, 5.74) is 12.0. The zero-order chi connectivity index (χ0) is 31.9. The summed E-state index contributed by atoms with van der Waals surface area (Å²) in [7, 11) is 0. The molecule has 0 aliphatic heterocycles. The van der Waals surface area contributed by atoms with Crippen molar-refractivity contribution in [3.63, 3.8) is 0 Å². The minimum Gasteiger partial charge on any atom is -0.508 e. The second-order valence-electron chi connectivity index (χ2n) is 12.6. The van der Waals surface area contributed by atoms with E-state index in [2.05, 4.69) is 137 Å². The van der Waals surface area contributed by atoms with Gasteiger partial charge in [0.1, 0.15) is 11.5 Å². The first kappa shape index (κ1) is 29.4. The van der Waals surface area contributed by atoms with Crippen LogP contribution in [-0.2, 0) is 0 Å². The number of phenols is 2. The summed E-state index contributed by atoms with van der Waals surface area (Å²) in [4.78, 5) is 0. The molecule has 0 aliphatic rings. The fourth-order valence-electron chi connectivity index (χ4n) is 7.56. The van der Waals surface area contributed by atoms with E-state index >= 15 is 0 Å². The molecule has 7 rings (SSSR count). The molecule has 0 heterocycles. The molecular formula is C44H38O2. The van der Waals surface area contributed by atoms with Crippen molar-refractivity contribution in [2.75, 3.05) is 0 Å². The van der Waals surface area contributed by atoms with Crippen LogP contribution in [0.25, 0.3) is 21.5 Å². The van der Waals surface area contributed by atoms with E-state index in [1.807, 2.05) is 24.3 Å². The van der Waals surface area contributed by atoms with Gasteiger partial charge in [-0.05, 0) is 129 Å². The fourth-order valence-corrected chi connectivity index (χ4v) is 7.56. The van der Waals surface area contributed by atoms with Crippen LogP contribution in [0.4, 0.5) is 0 Å². The highest BCUT2D eigenvalue weighted by molar-refractivity contribution is 6.08. The number of benzene rings is 7. The van der Waals surface area contributed by atoms with Crippen molar-refractivity contribution in [2.45, 2.75) is 39.5 Å². The van der Waals surface area contributed by atoms with Gasteiger partial charge in [-0.1, -0.05) is 109 Å². The Kier molecular flexibility index (Phi) is 7.58. The lowest BCUT2D eigenvalue weighted by molar-refractivity contribution is 0.474. The summed E-state index contributed by atoms with van der Waals surface area (Å²) in [6.45, 7) is 8.58. The van der Waals surface area contributed by atoms with E-state index < -0.39 is 0 Å². The van der Waals surface area contributed by atoms with E-state index in [0.717, 1.165) is 11.1 Å². The molecule has 0 aromatic heterocycles. The zero-order valence-corrected chi connectivity index (χ0v) is 26.8. The third kappa shape index (κ3) is 5.01. The van der Waals surface area contributed by atoms with Crippen LogP contribution in [0.15, 0.2) is 133 Å². The van der Waals surface area contributed by atoms with E-state index in [0.29, 0.717) is 0 Å². The molecule has 0 fully saturated rings. The maximum Gasteiger partial charge on any atom is 0.115 e. The maximum absolute atomic E-state index is 10.4. The normalized spacial score (nSPS) is 12.8. The summed E-state index contributed by atoms with van der Waals surface area (Å²) >= 11 is 0. The highest BCUT2D eigenvalue weighted by Crippen LogP contribution is 2.49. The van der Waals surface area contributed by atoms with E-state index in [1.165, 1.54) is 66.1 Å². The number of aryl methyl sites for hydroxylation is 4. The Morgan fingerprint density at radius 3 is 0.978 bits per heavy atom. The van der Waals surface area contributed by atoms with Gasteiger partial charge in [-0.3, -0.25) is 0 Å². The average Bonchev–Trinajstić information content (AvgIpc) is 3.05. The van der Waals surface area contributed by atoms with Crippen LogP contribution in [0.5, 0.6) is 11.5 Å². The Balaban J connectivity index is 1.65. The van der Waals surface area contributed by atoms with Crippen LogP contribution in [0.1, 0.15) is 67.5 Å².